The summed E-state index contributed by atoms with van der Waals surface area (Å²) < 4.78 is 0. The zero-order valence-corrected chi connectivity index (χ0v) is 9.62. The number of hydrogen-bond acceptors (Lipinski definition) is 2. The number of aliphatic imine (C=N–C) groups is 1. The summed E-state index contributed by atoms with van der Waals surface area (Å²) in [6, 6.07) is 0. The monoisotopic (exact) mass is 195 g/mol. The van der Waals surface area contributed by atoms with Gasteiger partial charge in [0.2, 0.25) is 0 Å². The Labute approximate surface area is 87.1 Å². The Bertz CT molecular complexity index is 235. The van der Waals surface area contributed by atoms with E-state index in [1.807, 2.05) is 0 Å². The maximum absolute atomic E-state index is 8.51. The van der Waals surface area contributed by atoms with Crippen LogP contribution in [0, 0.1) is 5.92 Å². The van der Waals surface area contributed by atoms with Crippen LogP contribution >= 0.6 is 0 Å². The van der Waals surface area contributed by atoms with Crippen LogP contribution in [-0.2, 0) is 0 Å². The average Bonchev–Trinajstić information content (AvgIpc) is 2.02. The van der Waals surface area contributed by atoms with Crippen molar-refractivity contribution in [3.05, 3.63) is 23.3 Å². The molecular formula is C12H21NO. The second kappa shape index (κ2) is 7.51. The van der Waals surface area contributed by atoms with Crippen LogP contribution in [0.15, 0.2) is 28.3 Å². The number of allylic oxidation sites excluding steroid dienone is 3. The Kier molecular flexibility index (Phi) is 7.03. The molecule has 0 aliphatic heterocycles. The van der Waals surface area contributed by atoms with E-state index < -0.39 is 0 Å². The minimum absolute atomic E-state index is 0.0311. The Balaban J connectivity index is 4.08. The molecule has 0 aromatic rings. The van der Waals surface area contributed by atoms with Crippen molar-refractivity contribution in [1.82, 2.24) is 0 Å². The highest BCUT2D eigenvalue weighted by Gasteiger charge is 1.95. The Hall–Kier alpha value is -0.890. The van der Waals surface area contributed by atoms with Gasteiger partial charge in [0, 0.05) is 12.8 Å². The summed E-state index contributed by atoms with van der Waals surface area (Å²) in [6.07, 6.45) is 5.90. The number of rotatable bonds is 5. The molecule has 0 aliphatic carbocycles. The molecule has 0 heterocycles. The molecule has 0 bridgehead atoms. The SMILES string of the molecule is CC(C)=C/C(C)=C\C(C)CN=CCO. The minimum Gasteiger partial charge on any atom is -0.391 e. The summed E-state index contributed by atoms with van der Waals surface area (Å²) >= 11 is 0. The Morgan fingerprint density at radius 1 is 1.36 bits per heavy atom. The van der Waals surface area contributed by atoms with Crippen LogP contribution in [0.3, 0.4) is 0 Å². The van der Waals surface area contributed by atoms with Crippen molar-refractivity contribution in [2.24, 2.45) is 10.9 Å². The molecule has 0 aromatic carbocycles. The van der Waals surface area contributed by atoms with E-state index in [0.717, 1.165) is 6.54 Å². The Morgan fingerprint density at radius 2 is 2.00 bits per heavy atom. The van der Waals surface area contributed by atoms with Gasteiger partial charge < -0.3 is 5.11 Å². The highest BCUT2D eigenvalue weighted by atomic mass is 16.2. The van der Waals surface area contributed by atoms with Crippen molar-refractivity contribution in [2.45, 2.75) is 27.7 Å². The summed E-state index contributed by atoms with van der Waals surface area (Å²) in [5.74, 6) is 0.424. The molecule has 1 N–H and O–H groups in total. The van der Waals surface area contributed by atoms with E-state index in [1.54, 1.807) is 6.21 Å². The molecule has 1 atom stereocenters. The van der Waals surface area contributed by atoms with Crippen LogP contribution < -0.4 is 0 Å². The van der Waals surface area contributed by atoms with Gasteiger partial charge in [0.15, 0.2) is 0 Å². The molecule has 0 aromatic heterocycles. The van der Waals surface area contributed by atoms with E-state index >= 15 is 0 Å². The molecule has 0 aliphatic rings. The number of hydrogen-bond donors (Lipinski definition) is 1. The fourth-order valence-electron chi connectivity index (χ4n) is 1.30. The summed E-state index contributed by atoms with van der Waals surface area (Å²) in [7, 11) is 0. The molecule has 0 spiro atoms. The molecule has 0 amide bonds. The fourth-order valence-corrected chi connectivity index (χ4v) is 1.30. The van der Waals surface area contributed by atoms with E-state index in [4.69, 9.17) is 5.11 Å². The van der Waals surface area contributed by atoms with Gasteiger partial charge in [-0.25, -0.2) is 0 Å². The zero-order chi connectivity index (χ0) is 11.0. The summed E-state index contributed by atoms with van der Waals surface area (Å²) in [5.41, 5.74) is 2.58. The van der Waals surface area contributed by atoms with Crippen LogP contribution in [0.4, 0.5) is 0 Å². The summed E-state index contributed by atoms with van der Waals surface area (Å²) in [4.78, 5) is 4.08. The van der Waals surface area contributed by atoms with Crippen LogP contribution in [0.25, 0.3) is 0 Å². The number of nitrogens with zero attached hydrogens (tertiary/aromatic N) is 1. The van der Waals surface area contributed by atoms with Gasteiger partial charge in [-0.05, 0) is 26.7 Å². The van der Waals surface area contributed by atoms with Gasteiger partial charge >= 0.3 is 0 Å². The lowest BCUT2D eigenvalue weighted by molar-refractivity contribution is 0.361. The van der Waals surface area contributed by atoms with E-state index in [-0.39, 0.29) is 6.61 Å². The topological polar surface area (TPSA) is 32.6 Å². The zero-order valence-electron chi connectivity index (χ0n) is 9.62. The first-order valence-electron chi connectivity index (χ1n) is 4.98. The molecule has 1 unspecified atom stereocenters. The predicted molar refractivity (Wildman–Crippen MR) is 62.8 cm³/mol. The van der Waals surface area contributed by atoms with E-state index in [1.165, 1.54) is 11.1 Å². The lowest BCUT2D eigenvalue weighted by Crippen LogP contribution is -1.97. The van der Waals surface area contributed by atoms with Gasteiger partial charge in [-0.2, -0.15) is 0 Å². The van der Waals surface area contributed by atoms with E-state index in [2.05, 4.69) is 44.8 Å². The highest BCUT2D eigenvalue weighted by Crippen LogP contribution is 2.06. The smallest absolute Gasteiger partial charge is 0.0779 e. The predicted octanol–water partition coefficient (Wildman–Crippen LogP) is 2.60. The van der Waals surface area contributed by atoms with Crippen LogP contribution in [0.5, 0.6) is 0 Å². The standard InChI is InChI=1S/C12H21NO/c1-10(2)7-11(3)8-12(4)9-13-5-6-14/h5,7-8,12,14H,6,9H2,1-4H3/b11-8-,13-5?. The molecule has 2 heteroatoms. The lowest BCUT2D eigenvalue weighted by Gasteiger charge is -2.03. The third-order valence-electron chi connectivity index (χ3n) is 1.67. The Morgan fingerprint density at radius 3 is 2.50 bits per heavy atom. The molecule has 0 saturated carbocycles. The second-order valence-electron chi connectivity index (χ2n) is 3.84. The first-order chi connectivity index (χ1) is 6.56. The largest absolute Gasteiger partial charge is 0.391 e. The van der Waals surface area contributed by atoms with Crippen LogP contribution in [0.1, 0.15) is 27.7 Å². The van der Waals surface area contributed by atoms with Gasteiger partial charge in [-0.15, -0.1) is 0 Å². The molecular weight excluding hydrogens is 174 g/mol. The van der Waals surface area contributed by atoms with Crippen molar-refractivity contribution in [2.75, 3.05) is 13.2 Å². The molecule has 80 valence electrons. The average molecular weight is 195 g/mol. The van der Waals surface area contributed by atoms with Gasteiger partial charge in [0.25, 0.3) is 0 Å². The van der Waals surface area contributed by atoms with Crippen molar-refractivity contribution >= 4 is 6.21 Å². The third-order valence-corrected chi connectivity index (χ3v) is 1.67. The fraction of sp³-hybridized carbons (Fsp3) is 0.583. The maximum Gasteiger partial charge on any atom is 0.0779 e. The van der Waals surface area contributed by atoms with Gasteiger partial charge in [0.05, 0.1) is 6.61 Å². The maximum atomic E-state index is 8.51. The molecule has 0 rings (SSSR count). The minimum atomic E-state index is 0.0311. The van der Waals surface area contributed by atoms with E-state index in [9.17, 15) is 0 Å². The highest BCUT2D eigenvalue weighted by molar-refractivity contribution is 5.57. The molecule has 0 saturated heterocycles. The van der Waals surface area contributed by atoms with Gasteiger partial charge in [-0.3, -0.25) is 4.99 Å². The second-order valence-corrected chi connectivity index (χ2v) is 3.84. The normalized spacial score (nSPS) is 14.5. The third kappa shape index (κ3) is 7.74. The number of aliphatic hydroxyl groups excluding tert-OH is 1. The lowest BCUT2D eigenvalue weighted by atomic mass is 10.1. The summed E-state index contributed by atoms with van der Waals surface area (Å²) in [5, 5.41) is 8.51. The van der Waals surface area contributed by atoms with E-state index in [0.29, 0.717) is 5.92 Å². The quantitative estimate of drug-likeness (QED) is 0.531. The first-order valence-corrected chi connectivity index (χ1v) is 4.98. The molecule has 14 heavy (non-hydrogen) atoms. The van der Waals surface area contributed by atoms with Crippen molar-refractivity contribution in [3.8, 4) is 0 Å². The van der Waals surface area contributed by atoms with Gasteiger partial charge in [0.1, 0.15) is 0 Å². The van der Waals surface area contributed by atoms with Crippen molar-refractivity contribution < 1.29 is 5.11 Å². The van der Waals surface area contributed by atoms with Crippen molar-refractivity contribution in [3.63, 3.8) is 0 Å². The first kappa shape index (κ1) is 13.1. The molecule has 0 radical (unpaired) electrons. The van der Waals surface area contributed by atoms with Crippen molar-refractivity contribution in [1.29, 1.82) is 0 Å². The molecule has 2 nitrogen and oxygen atoms in total. The summed E-state index contributed by atoms with van der Waals surface area (Å²) in [6.45, 7) is 9.17. The molecule has 0 fully saturated rings. The number of aliphatic hydroxyl groups is 1. The van der Waals surface area contributed by atoms with Crippen LogP contribution in [-0.4, -0.2) is 24.5 Å². The van der Waals surface area contributed by atoms with Crippen LogP contribution in [0.2, 0.25) is 0 Å². The van der Waals surface area contributed by atoms with Gasteiger partial charge in [-0.1, -0.05) is 30.2 Å².